The van der Waals surface area contributed by atoms with Gasteiger partial charge < -0.3 is 9.47 Å². The predicted molar refractivity (Wildman–Crippen MR) is 63.1 cm³/mol. The second-order valence-electron chi connectivity index (χ2n) is 3.48. The molecule has 98 valence electrons. The molecule has 4 nitrogen and oxygen atoms in total. The Labute approximate surface area is 105 Å². The van der Waals surface area contributed by atoms with Crippen molar-refractivity contribution in [3.05, 3.63) is 29.6 Å². The van der Waals surface area contributed by atoms with Crippen LogP contribution in [-0.2, 0) is 9.53 Å². The minimum absolute atomic E-state index is 0.0881. The van der Waals surface area contributed by atoms with Crippen LogP contribution in [-0.4, -0.2) is 25.0 Å². The van der Waals surface area contributed by atoms with Gasteiger partial charge in [-0.15, -0.1) is 0 Å². The average Bonchev–Trinajstić information content (AvgIpc) is 2.32. The highest BCUT2D eigenvalue weighted by Gasteiger charge is 2.14. The Hall–Kier alpha value is -1.91. The number of carbonyl (C=O) groups is 2. The molecule has 0 atom stereocenters. The molecular weight excluding hydrogens is 239 g/mol. The molecule has 0 fully saturated rings. The highest BCUT2D eigenvalue weighted by atomic mass is 19.1. The average molecular weight is 254 g/mol. The summed E-state index contributed by atoms with van der Waals surface area (Å²) in [7, 11) is 0. The van der Waals surface area contributed by atoms with Crippen LogP contribution >= 0.6 is 0 Å². The van der Waals surface area contributed by atoms with Crippen LogP contribution in [0.25, 0.3) is 0 Å². The summed E-state index contributed by atoms with van der Waals surface area (Å²) in [5, 5.41) is 0. The summed E-state index contributed by atoms with van der Waals surface area (Å²) >= 11 is 0. The van der Waals surface area contributed by atoms with Crippen LogP contribution in [0.3, 0.4) is 0 Å². The van der Waals surface area contributed by atoms with Gasteiger partial charge >= 0.3 is 5.97 Å². The second kappa shape index (κ2) is 6.74. The summed E-state index contributed by atoms with van der Waals surface area (Å²) in [5.74, 6) is -1.62. The first-order valence-electron chi connectivity index (χ1n) is 5.69. The summed E-state index contributed by atoms with van der Waals surface area (Å²) in [6.07, 6.45) is -0.388. The molecule has 0 amide bonds. The molecule has 0 aliphatic carbocycles. The van der Waals surface area contributed by atoms with Crippen LogP contribution in [0.4, 0.5) is 4.39 Å². The van der Waals surface area contributed by atoms with Crippen molar-refractivity contribution in [1.82, 2.24) is 0 Å². The summed E-state index contributed by atoms with van der Waals surface area (Å²) in [5.41, 5.74) is 0.129. The summed E-state index contributed by atoms with van der Waals surface area (Å²) in [6.45, 7) is 3.94. The highest BCUT2D eigenvalue weighted by Crippen LogP contribution is 2.19. The van der Waals surface area contributed by atoms with Crippen molar-refractivity contribution in [3.8, 4) is 5.75 Å². The summed E-state index contributed by atoms with van der Waals surface area (Å²) < 4.78 is 23.2. The molecule has 1 aromatic carbocycles. The van der Waals surface area contributed by atoms with E-state index in [9.17, 15) is 14.0 Å². The van der Waals surface area contributed by atoms with Crippen molar-refractivity contribution >= 4 is 11.8 Å². The number of hydrogen-bond donors (Lipinski definition) is 0. The molecule has 18 heavy (non-hydrogen) atoms. The first-order valence-corrected chi connectivity index (χ1v) is 5.69. The van der Waals surface area contributed by atoms with Crippen LogP contribution in [0.2, 0.25) is 0 Å². The number of esters is 1. The molecule has 0 radical (unpaired) electrons. The Morgan fingerprint density at radius 2 is 1.94 bits per heavy atom. The Morgan fingerprint density at radius 1 is 1.22 bits per heavy atom. The van der Waals surface area contributed by atoms with Crippen molar-refractivity contribution < 1.29 is 23.5 Å². The zero-order chi connectivity index (χ0) is 13.5. The Balaban J connectivity index is 2.75. The number of Topliss-reactive ketones (excluding diaryl/α,β-unsaturated/α-hetero) is 1. The number of ketones is 1. The number of ether oxygens (including phenoxy) is 2. The molecule has 0 N–H and O–H groups in total. The maximum Gasteiger partial charge on any atom is 0.313 e. The van der Waals surface area contributed by atoms with Crippen LogP contribution in [0.15, 0.2) is 18.2 Å². The van der Waals surface area contributed by atoms with Crippen LogP contribution in [0.5, 0.6) is 5.75 Å². The molecule has 0 bridgehead atoms. The van der Waals surface area contributed by atoms with E-state index in [-0.39, 0.29) is 24.3 Å². The zero-order valence-electron chi connectivity index (χ0n) is 10.4. The largest absolute Gasteiger partial charge is 0.491 e. The van der Waals surface area contributed by atoms with E-state index in [4.69, 9.17) is 4.74 Å². The third-order valence-corrected chi connectivity index (χ3v) is 2.16. The number of carbonyl (C=O) groups excluding carboxylic acids is 2. The van der Waals surface area contributed by atoms with Crippen molar-refractivity contribution in [2.75, 3.05) is 13.2 Å². The third kappa shape index (κ3) is 3.84. The molecule has 5 heteroatoms. The van der Waals surface area contributed by atoms with Crippen molar-refractivity contribution in [2.24, 2.45) is 0 Å². The number of benzene rings is 1. The maximum atomic E-state index is 13.5. The fourth-order valence-corrected chi connectivity index (χ4v) is 1.39. The molecule has 0 heterocycles. The van der Waals surface area contributed by atoms with E-state index < -0.39 is 17.6 Å². The lowest BCUT2D eigenvalue weighted by atomic mass is 10.1. The quantitative estimate of drug-likeness (QED) is 0.444. The van der Waals surface area contributed by atoms with Gasteiger partial charge in [0.1, 0.15) is 6.42 Å². The van der Waals surface area contributed by atoms with Gasteiger partial charge in [0, 0.05) is 5.56 Å². The third-order valence-electron chi connectivity index (χ3n) is 2.16. The van der Waals surface area contributed by atoms with E-state index in [0.717, 1.165) is 6.07 Å². The summed E-state index contributed by atoms with van der Waals surface area (Å²) in [6, 6.07) is 3.86. The Bertz CT molecular complexity index is 443. The van der Waals surface area contributed by atoms with E-state index >= 15 is 0 Å². The lowest BCUT2D eigenvalue weighted by molar-refractivity contribution is -0.141. The first kappa shape index (κ1) is 14.2. The molecular formula is C13H15FO4. The fourth-order valence-electron chi connectivity index (χ4n) is 1.39. The molecule has 0 aliphatic rings. The lowest BCUT2D eigenvalue weighted by Gasteiger charge is -2.06. The monoisotopic (exact) mass is 254 g/mol. The van der Waals surface area contributed by atoms with E-state index in [1.54, 1.807) is 13.8 Å². The number of halogens is 1. The molecule has 1 rings (SSSR count). The maximum absolute atomic E-state index is 13.5. The van der Waals surface area contributed by atoms with E-state index in [0.29, 0.717) is 6.61 Å². The smallest absolute Gasteiger partial charge is 0.313 e. The van der Waals surface area contributed by atoms with Gasteiger partial charge in [-0.2, -0.15) is 0 Å². The molecule has 0 saturated heterocycles. The fraction of sp³-hybridized carbons (Fsp3) is 0.385. The molecule has 0 spiro atoms. The molecule has 1 aromatic rings. The van der Waals surface area contributed by atoms with Crippen molar-refractivity contribution in [1.29, 1.82) is 0 Å². The first-order chi connectivity index (χ1) is 8.58. The van der Waals surface area contributed by atoms with Gasteiger partial charge in [-0.25, -0.2) is 4.39 Å². The molecule has 0 saturated carbocycles. The van der Waals surface area contributed by atoms with Gasteiger partial charge in [-0.05, 0) is 32.0 Å². The van der Waals surface area contributed by atoms with E-state index in [1.807, 2.05) is 0 Å². The SMILES string of the molecule is CCOC(=O)CC(=O)c1ccc(OCC)c(F)c1. The van der Waals surface area contributed by atoms with Crippen LogP contribution in [0.1, 0.15) is 30.6 Å². The van der Waals surface area contributed by atoms with Gasteiger partial charge in [0.25, 0.3) is 0 Å². The standard InChI is InChI=1S/C13H15FO4/c1-3-17-12-6-5-9(7-10(12)14)11(15)8-13(16)18-4-2/h5-7H,3-4,8H2,1-2H3. The van der Waals surface area contributed by atoms with Gasteiger partial charge in [-0.1, -0.05) is 0 Å². The van der Waals surface area contributed by atoms with E-state index in [2.05, 4.69) is 4.74 Å². The number of rotatable bonds is 6. The van der Waals surface area contributed by atoms with Gasteiger partial charge in [-0.3, -0.25) is 9.59 Å². The Morgan fingerprint density at radius 3 is 2.50 bits per heavy atom. The lowest BCUT2D eigenvalue weighted by Crippen LogP contribution is -2.11. The van der Waals surface area contributed by atoms with Crippen LogP contribution < -0.4 is 4.74 Å². The predicted octanol–water partition coefficient (Wildman–Crippen LogP) is 2.36. The Kier molecular flexibility index (Phi) is 5.30. The van der Waals surface area contributed by atoms with Gasteiger partial charge in [0.2, 0.25) is 0 Å². The van der Waals surface area contributed by atoms with Crippen molar-refractivity contribution in [2.45, 2.75) is 20.3 Å². The topological polar surface area (TPSA) is 52.6 Å². The van der Waals surface area contributed by atoms with E-state index in [1.165, 1.54) is 12.1 Å². The molecule has 0 aliphatic heterocycles. The van der Waals surface area contributed by atoms with Gasteiger partial charge in [0.15, 0.2) is 17.3 Å². The second-order valence-corrected chi connectivity index (χ2v) is 3.48. The normalized spacial score (nSPS) is 9.94. The van der Waals surface area contributed by atoms with Crippen LogP contribution in [0, 0.1) is 5.82 Å². The number of hydrogen-bond acceptors (Lipinski definition) is 4. The zero-order valence-corrected chi connectivity index (χ0v) is 10.4. The minimum Gasteiger partial charge on any atom is -0.491 e. The summed E-state index contributed by atoms with van der Waals surface area (Å²) in [4.78, 5) is 22.8. The van der Waals surface area contributed by atoms with Gasteiger partial charge in [0.05, 0.1) is 13.2 Å². The minimum atomic E-state index is -0.619. The highest BCUT2D eigenvalue weighted by molar-refractivity contribution is 6.06. The van der Waals surface area contributed by atoms with Crippen molar-refractivity contribution in [3.63, 3.8) is 0 Å². The molecule has 0 aromatic heterocycles. The molecule has 0 unspecified atom stereocenters.